The molecule has 1 aromatic carbocycles. The molecule has 3 nitrogen and oxygen atoms in total. The van der Waals surface area contributed by atoms with Crippen molar-refractivity contribution < 1.29 is 9.53 Å². The fourth-order valence-corrected chi connectivity index (χ4v) is 4.98. The van der Waals surface area contributed by atoms with Crippen LogP contribution >= 0.6 is 0 Å². The quantitative estimate of drug-likeness (QED) is 0.633. The molecule has 1 heterocycles. The third kappa shape index (κ3) is 3.57. The number of rotatable bonds is 2. The van der Waals surface area contributed by atoms with Crippen LogP contribution in [0.5, 0.6) is 0 Å². The maximum absolute atomic E-state index is 12.7. The van der Waals surface area contributed by atoms with E-state index in [2.05, 4.69) is 27.5 Å². The van der Waals surface area contributed by atoms with Gasteiger partial charge in [-0.05, 0) is 0 Å². The summed E-state index contributed by atoms with van der Waals surface area (Å²) in [5.74, 6) is 0. The first-order valence-electron chi connectivity index (χ1n) is 7.54. The number of fused-ring (bicyclic) bond motifs is 1. The Balaban J connectivity index is 2.64. The van der Waals surface area contributed by atoms with E-state index in [1.165, 1.54) is 0 Å². The first-order valence-corrected chi connectivity index (χ1v) is 17.5. The monoisotopic (exact) mass is 407 g/mol. The molecule has 2 rings (SSSR count). The van der Waals surface area contributed by atoms with E-state index in [-0.39, 0.29) is 6.09 Å². The van der Waals surface area contributed by atoms with Crippen molar-refractivity contribution in [2.75, 3.05) is 0 Å². The summed E-state index contributed by atoms with van der Waals surface area (Å²) in [5.41, 5.74) is 1.26. The van der Waals surface area contributed by atoms with Gasteiger partial charge in [0.25, 0.3) is 0 Å². The second-order valence-electron chi connectivity index (χ2n) is 7.63. The number of nitrogens with zero attached hydrogens (tertiary/aromatic N) is 1. The van der Waals surface area contributed by atoms with Gasteiger partial charge in [-0.3, -0.25) is 0 Å². The molecule has 0 fully saturated rings. The number of para-hydroxylation sites is 1. The van der Waals surface area contributed by atoms with Crippen LogP contribution in [0.3, 0.4) is 0 Å². The van der Waals surface area contributed by atoms with E-state index in [4.69, 9.17) is 4.74 Å². The van der Waals surface area contributed by atoms with Crippen molar-refractivity contribution in [2.24, 2.45) is 0 Å². The predicted molar refractivity (Wildman–Crippen MR) is 96.0 cm³/mol. The molecule has 1 aromatic heterocycles. The van der Waals surface area contributed by atoms with Crippen molar-refractivity contribution in [3.05, 3.63) is 42.6 Å². The molecule has 22 heavy (non-hydrogen) atoms. The van der Waals surface area contributed by atoms with Gasteiger partial charge >= 0.3 is 137 Å². The molecule has 0 radical (unpaired) electrons. The van der Waals surface area contributed by atoms with Gasteiger partial charge in [-0.2, -0.15) is 0 Å². The second-order valence-corrected chi connectivity index (χ2v) is 22.2. The summed E-state index contributed by atoms with van der Waals surface area (Å²) in [4.78, 5) is 19.6. The molecular formula is C18H25NO2Sn. The van der Waals surface area contributed by atoms with Crippen LogP contribution in [0.25, 0.3) is 14.5 Å². The SMILES string of the molecule is C=[C](c1cc2ccccc2n1C(=O)OC(C)(C)C)[Sn]([CH3])([CH3])[CH3]. The summed E-state index contributed by atoms with van der Waals surface area (Å²) < 4.78 is 8.41. The van der Waals surface area contributed by atoms with Crippen LogP contribution in [0.1, 0.15) is 26.5 Å². The van der Waals surface area contributed by atoms with Gasteiger partial charge in [-0.25, -0.2) is 0 Å². The number of hydrogen-bond donors (Lipinski definition) is 0. The van der Waals surface area contributed by atoms with Gasteiger partial charge in [0.2, 0.25) is 0 Å². The van der Waals surface area contributed by atoms with Crippen LogP contribution in [-0.2, 0) is 4.74 Å². The van der Waals surface area contributed by atoms with Crippen LogP contribution in [0, 0.1) is 0 Å². The third-order valence-electron chi connectivity index (χ3n) is 3.50. The first-order chi connectivity index (χ1) is 10.0. The van der Waals surface area contributed by atoms with Gasteiger partial charge < -0.3 is 0 Å². The predicted octanol–water partition coefficient (Wildman–Crippen LogP) is 5.32. The summed E-state index contributed by atoms with van der Waals surface area (Å²) in [6.45, 7) is 9.94. The van der Waals surface area contributed by atoms with E-state index >= 15 is 0 Å². The fourth-order valence-electron chi connectivity index (χ4n) is 2.27. The minimum atomic E-state index is -2.39. The van der Waals surface area contributed by atoms with E-state index in [9.17, 15) is 4.79 Å². The molecule has 0 saturated carbocycles. The van der Waals surface area contributed by atoms with E-state index in [0.29, 0.717) is 0 Å². The summed E-state index contributed by atoms with van der Waals surface area (Å²) >= 11 is -2.39. The Bertz CT molecular complexity index is 730. The Labute approximate surface area is 136 Å². The summed E-state index contributed by atoms with van der Waals surface area (Å²) in [6.07, 6.45) is -0.333. The molecule has 0 unspecified atom stereocenters. The average molecular weight is 406 g/mol. The Morgan fingerprint density at radius 1 is 1.18 bits per heavy atom. The van der Waals surface area contributed by atoms with Crippen LogP contribution in [0.4, 0.5) is 4.79 Å². The topological polar surface area (TPSA) is 31.2 Å². The molecule has 0 aliphatic heterocycles. The van der Waals surface area contributed by atoms with Crippen molar-refractivity contribution in [3.63, 3.8) is 0 Å². The molecule has 4 heteroatoms. The number of hydrogen-bond acceptors (Lipinski definition) is 2. The number of benzene rings is 1. The molecule has 0 saturated heterocycles. The van der Waals surface area contributed by atoms with Crippen molar-refractivity contribution in [1.82, 2.24) is 4.57 Å². The second kappa shape index (κ2) is 5.76. The van der Waals surface area contributed by atoms with Gasteiger partial charge in [0.15, 0.2) is 0 Å². The summed E-state index contributed by atoms with van der Waals surface area (Å²) in [6, 6.07) is 9.95. The van der Waals surface area contributed by atoms with Gasteiger partial charge in [0, 0.05) is 0 Å². The standard InChI is InChI=1S/C15H16NO2.3CH3.Sn/c1-5-12-10-11-8-6-7-9-13(11)16(12)14(17)18-15(2,3)4;;;;/h6-10H,1H2,2-4H3;3*1H3;. The molecule has 0 amide bonds. The van der Waals surface area contributed by atoms with Gasteiger partial charge in [0.1, 0.15) is 0 Å². The molecule has 0 spiro atoms. The Morgan fingerprint density at radius 2 is 1.77 bits per heavy atom. The van der Waals surface area contributed by atoms with Crippen LogP contribution in [0.15, 0.2) is 36.9 Å². The zero-order valence-electron chi connectivity index (χ0n) is 14.4. The van der Waals surface area contributed by atoms with Crippen molar-refractivity contribution in [1.29, 1.82) is 0 Å². The molecular weight excluding hydrogens is 381 g/mol. The number of ether oxygens (including phenoxy) is 1. The van der Waals surface area contributed by atoms with Gasteiger partial charge in [-0.15, -0.1) is 0 Å². The van der Waals surface area contributed by atoms with E-state index in [1.807, 2.05) is 45.0 Å². The minimum absolute atomic E-state index is 0.333. The zero-order valence-corrected chi connectivity index (χ0v) is 17.2. The Kier molecular flexibility index (Phi) is 4.48. The van der Waals surface area contributed by atoms with Crippen molar-refractivity contribution in [2.45, 2.75) is 41.2 Å². The zero-order chi connectivity index (χ0) is 16.7. The van der Waals surface area contributed by atoms with Crippen LogP contribution in [0.2, 0.25) is 14.8 Å². The molecule has 0 aliphatic carbocycles. The van der Waals surface area contributed by atoms with E-state index in [0.717, 1.165) is 20.2 Å². The molecule has 0 N–H and O–H groups in total. The van der Waals surface area contributed by atoms with Crippen LogP contribution < -0.4 is 0 Å². The first kappa shape index (κ1) is 17.1. The van der Waals surface area contributed by atoms with Crippen molar-refractivity contribution >= 4 is 39.0 Å². The normalized spacial score (nSPS) is 12.5. The maximum atomic E-state index is 12.7. The van der Waals surface area contributed by atoms with E-state index in [1.54, 1.807) is 4.57 Å². The van der Waals surface area contributed by atoms with E-state index < -0.39 is 24.0 Å². The van der Waals surface area contributed by atoms with Crippen molar-refractivity contribution in [3.8, 4) is 0 Å². The molecule has 0 atom stereocenters. The summed E-state index contributed by atoms with van der Waals surface area (Å²) in [7, 11) is 0. The summed E-state index contributed by atoms with van der Waals surface area (Å²) in [5, 5.41) is 1.04. The number of aromatic nitrogens is 1. The van der Waals surface area contributed by atoms with Crippen LogP contribution in [-0.4, -0.2) is 34.6 Å². The number of carbonyl (C=O) groups excluding carboxylic acids is 1. The molecule has 118 valence electrons. The van der Waals surface area contributed by atoms with Gasteiger partial charge in [0.05, 0.1) is 0 Å². The molecule has 0 aliphatic rings. The fraction of sp³-hybridized carbons (Fsp3) is 0.389. The molecule has 0 bridgehead atoms. The van der Waals surface area contributed by atoms with Gasteiger partial charge in [-0.1, -0.05) is 0 Å². The third-order valence-corrected chi connectivity index (χ3v) is 9.40. The number of carbonyl (C=O) groups is 1. The Morgan fingerprint density at radius 3 is 2.32 bits per heavy atom. The Hall–Kier alpha value is -1.23. The molecule has 2 aromatic rings. The average Bonchev–Trinajstić information content (AvgIpc) is 2.73.